The van der Waals surface area contributed by atoms with Crippen molar-refractivity contribution < 1.29 is 23.9 Å². The molecule has 1 saturated heterocycles. The zero-order chi connectivity index (χ0) is 21.0. The topological polar surface area (TPSA) is 106 Å². The molecule has 3 N–H and O–H groups in total. The maximum absolute atomic E-state index is 12.8. The summed E-state index contributed by atoms with van der Waals surface area (Å²) < 4.78 is 9.46. The SMILES string of the molecule is COC(=O)c1ccc(C(=O)OC)c(NC(=O)C2CC(c3ccc(C)cc3)NN2)c1. The molecule has 0 saturated carbocycles. The first-order valence-electron chi connectivity index (χ1n) is 9.12. The van der Waals surface area contributed by atoms with E-state index in [-0.39, 0.29) is 28.8 Å². The highest BCUT2D eigenvalue weighted by atomic mass is 16.5. The Balaban J connectivity index is 1.76. The van der Waals surface area contributed by atoms with Crippen molar-refractivity contribution in [2.75, 3.05) is 19.5 Å². The second-order valence-electron chi connectivity index (χ2n) is 6.77. The molecule has 1 aliphatic rings. The minimum atomic E-state index is -0.619. The lowest BCUT2D eigenvalue weighted by Gasteiger charge is -2.14. The highest BCUT2D eigenvalue weighted by Crippen LogP contribution is 2.25. The zero-order valence-electron chi connectivity index (χ0n) is 16.4. The lowest BCUT2D eigenvalue weighted by atomic mass is 10.0. The average molecular weight is 397 g/mol. The number of amides is 1. The fourth-order valence-electron chi connectivity index (χ4n) is 3.15. The van der Waals surface area contributed by atoms with Gasteiger partial charge in [-0.2, -0.15) is 0 Å². The third-order valence-corrected chi connectivity index (χ3v) is 4.80. The molecule has 0 spiro atoms. The normalized spacial score (nSPS) is 18.2. The van der Waals surface area contributed by atoms with E-state index in [4.69, 9.17) is 9.47 Å². The summed E-state index contributed by atoms with van der Waals surface area (Å²) in [5, 5.41) is 2.72. The van der Waals surface area contributed by atoms with Crippen LogP contribution in [0.3, 0.4) is 0 Å². The summed E-state index contributed by atoms with van der Waals surface area (Å²) in [6.45, 7) is 2.02. The monoisotopic (exact) mass is 397 g/mol. The van der Waals surface area contributed by atoms with Gasteiger partial charge in [0.1, 0.15) is 6.04 Å². The predicted molar refractivity (Wildman–Crippen MR) is 106 cm³/mol. The Kier molecular flexibility index (Phi) is 6.26. The van der Waals surface area contributed by atoms with Crippen LogP contribution < -0.4 is 16.2 Å². The van der Waals surface area contributed by atoms with Crippen LogP contribution in [0.5, 0.6) is 0 Å². The van der Waals surface area contributed by atoms with Gasteiger partial charge in [-0.15, -0.1) is 0 Å². The molecule has 1 heterocycles. The maximum atomic E-state index is 12.8. The van der Waals surface area contributed by atoms with Crippen LogP contribution in [0.1, 0.15) is 44.3 Å². The van der Waals surface area contributed by atoms with Gasteiger partial charge in [-0.25, -0.2) is 20.4 Å². The molecular weight excluding hydrogens is 374 g/mol. The molecule has 2 aromatic carbocycles. The van der Waals surface area contributed by atoms with E-state index in [2.05, 4.69) is 16.2 Å². The number of benzene rings is 2. The minimum absolute atomic E-state index is 0.0205. The van der Waals surface area contributed by atoms with E-state index in [0.717, 1.165) is 11.1 Å². The van der Waals surface area contributed by atoms with Gasteiger partial charge >= 0.3 is 11.9 Å². The van der Waals surface area contributed by atoms with Crippen molar-refractivity contribution in [3.05, 3.63) is 64.7 Å². The van der Waals surface area contributed by atoms with Gasteiger partial charge in [0, 0.05) is 6.04 Å². The van der Waals surface area contributed by atoms with Gasteiger partial charge in [-0.1, -0.05) is 29.8 Å². The van der Waals surface area contributed by atoms with Gasteiger partial charge in [0.2, 0.25) is 5.91 Å². The molecule has 0 aromatic heterocycles. The molecule has 0 bridgehead atoms. The zero-order valence-corrected chi connectivity index (χ0v) is 16.4. The molecule has 2 aromatic rings. The van der Waals surface area contributed by atoms with Crippen molar-refractivity contribution in [1.82, 2.24) is 10.9 Å². The number of hydrogen-bond donors (Lipinski definition) is 3. The van der Waals surface area contributed by atoms with Crippen molar-refractivity contribution in [3.63, 3.8) is 0 Å². The Hall–Kier alpha value is -3.23. The number of hydrogen-bond acceptors (Lipinski definition) is 7. The van der Waals surface area contributed by atoms with Crippen LogP contribution in [0.4, 0.5) is 5.69 Å². The summed E-state index contributed by atoms with van der Waals surface area (Å²) in [7, 11) is 2.50. The number of ether oxygens (including phenoxy) is 2. The first-order valence-corrected chi connectivity index (χ1v) is 9.12. The van der Waals surface area contributed by atoms with Gasteiger partial charge < -0.3 is 14.8 Å². The third kappa shape index (κ3) is 4.61. The summed E-state index contributed by atoms with van der Waals surface area (Å²) >= 11 is 0. The summed E-state index contributed by atoms with van der Waals surface area (Å²) in [6, 6.07) is 11.8. The van der Waals surface area contributed by atoms with Crippen LogP contribution in [0.25, 0.3) is 0 Å². The van der Waals surface area contributed by atoms with Crippen LogP contribution >= 0.6 is 0 Å². The molecule has 2 unspecified atom stereocenters. The van der Waals surface area contributed by atoms with E-state index < -0.39 is 18.0 Å². The van der Waals surface area contributed by atoms with Crippen LogP contribution in [0.2, 0.25) is 0 Å². The highest BCUT2D eigenvalue weighted by Gasteiger charge is 2.31. The molecule has 8 heteroatoms. The Morgan fingerprint density at radius 3 is 2.31 bits per heavy atom. The fourth-order valence-corrected chi connectivity index (χ4v) is 3.15. The van der Waals surface area contributed by atoms with Crippen molar-refractivity contribution in [2.45, 2.75) is 25.4 Å². The highest BCUT2D eigenvalue weighted by molar-refractivity contribution is 6.04. The Morgan fingerprint density at radius 1 is 0.966 bits per heavy atom. The number of hydrazine groups is 1. The average Bonchev–Trinajstić information content (AvgIpc) is 3.23. The summed E-state index contributed by atoms with van der Waals surface area (Å²) in [6.07, 6.45) is 0.527. The van der Waals surface area contributed by atoms with Crippen LogP contribution in [-0.2, 0) is 14.3 Å². The van der Waals surface area contributed by atoms with Gasteiger partial charge in [0.05, 0.1) is 31.0 Å². The first-order chi connectivity index (χ1) is 13.9. The first kappa shape index (κ1) is 20.5. The smallest absolute Gasteiger partial charge is 0.339 e. The molecule has 1 amide bonds. The van der Waals surface area contributed by atoms with Crippen LogP contribution in [-0.4, -0.2) is 38.1 Å². The lowest BCUT2D eigenvalue weighted by Crippen LogP contribution is -2.39. The van der Waals surface area contributed by atoms with E-state index >= 15 is 0 Å². The third-order valence-electron chi connectivity index (χ3n) is 4.80. The number of rotatable bonds is 5. The van der Waals surface area contributed by atoms with E-state index in [1.807, 2.05) is 31.2 Å². The van der Waals surface area contributed by atoms with Crippen LogP contribution in [0.15, 0.2) is 42.5 Å². The van der Waals surface area contributed by atoms with Crippen molar-refractivity contribution >= 4 is 23.5 Å². The second kappa shape index (κ2) is 8.85. The number of esters is 2. The van der Waals surface area contributed by atoms with Gasteiger partial charge in [0.25, 0.3) is 0 Å². The molecule has 2 atom stereocenters. The Bertz CT molecular complexity index is 926. The molecule has 0 aliphatic carbocycles. The number of anilines is 1. The van der Waals surface area contributed by atoms with Crippen molar-refractivity contribution in [1.29, 1.82) is 0 Å². The van der Waals surface area contributed by atoms with E-state index in [9.17, 15) is 14.4 Å². The van der Waals surface area contributed by atoms with E-state index in [1.165, 1.54) is 32.4 Å². The quantitative estimate of drug-likeness (QED) is 0.664. The molecule has 1 fully saturated rings. The van der Waals surface area contributed by atoms with Crippen molar-refractivity contribution in [2.24, 2.45) is 0 Å². The van der Waals surface area contributed by atoms with Gasteiger partial charge in [-0.3, -0.25) is 4.79 Å². The standard InChI is InChI=1S/C21H23N3O5/c1-12-4-6-13(7-5-12)16-11-18(24-23-16)19(25)22-17-10-14(20(26)28-2)8-9-15(17)21(27)29-3/h4-10,16,18,23-24H,11H2,1-3H3,(H,22,25). The van der Waals surface area contributed by atoms with Crippen molar-refractivity contribution in [3.8, 4) is 0 Å². The van der Waals surface area contributed by atoms with E-state index in [1.54, 1.807) is 0 Å². The summed E-state index contributed by atoms with van der Waals surface area (Å²) in [4.78, 5) is 36.6. The Labute approximate surface area is 168 Å². The van der Waals surface area contributed by atoms with Crippen LogP contribution in [0, 0.1) is 6.92 Å². The summed E-state index contributed by atoms with van der Waals surface area (Å²) in [5.41, 5.74) is 8.88. The summed E-state index contributed by atoms with van der Waals surface area (Å²) in [5.74, 6) is -1.52. The van der Waals surface area contributed by atoms with Gasteiger partial charge in [0.15, 0.2) is 0 Å². The molecule has 3 rings (SSSR count). The molecule has 0 radical (unpaired) electrons. The fraction of sp³-hybridized carbons (Fsp3) is 0.286. The molecule has 152 valence electrons. The number of aryl methyl sites for hydroxylation is 1. The predicted octanol–water partition coefficient (Wildman–Crippen LogP) is 2.11. The molecular formula is C21H23N3O5. The van der Waals surface area contributed by atoms with E-state index in [0.29, 0.717) is 6.42 Å². The second-order valence-corrected chi connectivity index (χ2v) is 6.77. The molecule has 29 heavy (non-hydrogen) atoms. The number of nitrogens with one attached hydrogen (secondary N) is 3. The number of methoxy groups -OCH3 is 2. The number of carbonyl (C=O) groups is 3. The molecule has 1 aliphatic heterocycles. The molecule has 8 nitrogen and oxygen atoms in total. The Morgan fingerprint density at radius 2 is 1.66 bits per heavy atom. The van der Waals surface area contributed by atoms with Gasteiger partial charge in [-0.05, 0) is 37.1 Å². The lowest BCUT2D eigenvalue weighted by molar-refractivity contribution is -0.117. The minimum Gasteiger partial charge on any atom is -0.465 e. The maximum Gasteiger partial charge on any atom is 0.339 e. The largest absolute Gasteiger partial charge is 0.465 e. The number of carbonyl (C=O) groups excluding carboxylic acids is 3.